The van der Waals surface area contributed by atoms with Crippen LogP contribution < -0.4 is 5.32 Å². The van der Waals surface area contributed by atoms with E-state index in [0.717, 1.165) is 56.0 Å². The number of nitriles is 1. The summed E-state index contributed by atoms with van der Waals surface area (Å²) in [5, 5.41) is 13.5. The van der Waals surface area contributed by atoms with Crippen LogP contribution in [0.1, 0.15) is 46.0 Å². The molecule has 0 unspecified atom stereocenters. The summed E-state index contributed by atoms with van der Waals surface area (Å²) in [4.78, 5) is 18.9. The Morgan fingerprint density at radius 3 is 2.18 bits per heavy atom. The number of anilines is 1. The predicted molar refractivity (Wildman–Crippen MR) is 137 cm³/mol. The third kappa shape index (κ3) is 4.92. The molecule has 0 bridgehead atoms. The van der Waals surface area contributed by atoms with Gasteiger partial charge in [-0.3, -0.25) is 14.6 Å². The molecule has 5 rings (SSSR count). The van der Waals surface area contributed by atoms with Crippen LogP contribution in [-0.2, 0) is 17.6 Å². The van der Waals surface area contributed by atoms with E-state index in [0.29, 0.717) is 12.1 Å². The smallest absolute Gasteiger partial charge is 0.239 e. The number of hydrogen-bond acceptors (Lipinski definition) is 5. The Morgan fingerprint density at radius 1 is 0.941 bits per heavy atom. The largest absolute Gasteiger partial charge is 0.315 e. The number of fused-ring (bicyclic) bond motifs is 1. The summed E-state index contributed by atoms with van der Waals surface area (Å²) >= 11 is 1.60. The Hall–Kier alpha value is -2.98. The number of piperazine rings is 1. The topological polar surface area (TPSA) is 59.4 Å². The third-order valence-corrected chi connectivity index (χ3v) is 8.11. The average molecular weight is 471 g/mol. The standard InChI is InChI=1S/C28H30N4OS/c29-19-24-23-13-7-8-14-25(23)34-28(24)30-26(33)20-31-15-17-32(18-16-31)27(21-9-3-1-4-10-21)22-11-5-2-6-12-22/h1-6,9-12,27H,7-8,13-18,20H2,(H,30,33). The van der Waals surface area contributed by atoms with Crippen LogP contribution in [0.2, 0.25) is 0 Å². The molecule has 1 aromatic heterocycles. The quantitative estimate of drug-likeness (QED) is 0.560. The lowest BCUT2D eigenvalue weighted by atomic mass is 9.96. The van der Waals surface area contributed by atoms with Gasteiger partial charge in [0.15, 0.2) is 0 Å². The number of nitrogens with one attached hydrogen (secondary N) is 1. The number of benzene rings is 2. The summed E-state index contributed by atoms with van der Waals surface area (Å²) in [6, 6.07) is 23.9. The van der Waals surface area contributed by atoms with E-state index in [1.54, 1.807) is 11.3 Å². The van der Waals surface area contributed by atoms with E-state index in [-0.39, 0.29) is 11.9 Å². The van der Waals surface area contributed by atoms with Crippen LogP contribution >= 0.6 is 11.3 Å². The summed E-state index contributed by atoms with van der Waals surface area (Å²) in [7, 11) is 0. The lowest BCUT2D eigenvalue weighted by Crippen LogP contribution is -2.49. The Labute approximate surface area is 205 Å². The molecule has 1 aliphatic heterocycles. The highest BCUT2D eigenvalue weighted by atomic mass is 32.1. The van der Waals surface area contributed by atoms with Crippen molar-refractivity contribution in [3.05, 3.63) is 87.8 Å². The van der Waals surface area contributed by atoms with Crippen molar-refractivity contribution in [1.82, 2.24) is 9.80 Å². The van der Waals surface area contributed by atoms with Crippen LogP contribution in [0.15, 0.2) is 60.7 Å². The van der Waals surface area contributed by atoms with Gasteiger partial charge in [0.05, 0.1) is 18.2 Å². The predicted octanol–water partition coefficient (Wildman–Crippen LogP) is 4.84. The van der Waals surface area contributed by atoms with Gasteiger partial charge in [-0.25, -0.2) is 0 Å². The minimum Gasteiger partial charge on any atom is -0.315 e. The molecule has 0 saturated carbocycles. The molecule has 0 atom stereocenters. The van der Waals surface area contributed by atoms with Crippen molar-refractivity contribution in [2.45, 2.75) is 31.7 Å². The molecule has 2 aliphatic rings. The van der Waals surface area contributed by atoms with E-state index in [1.165, 1.54) is 22.4 Å². The van der Waals surface area contributed by atoms with Gasteiger partial charge in [0.25, 0.3) is 0 Å². The maximum atomic E-state index is 12.9. The molecule has 1 saturated heterocycles. The van der Waals surface area contributed by atoms with Crippen LogP contribution in [0.25, 0.3) is 0 Å². The van der Waals surface area contributed by atoms with E-state index in [4.69, 9.17) is 0 Å². The van der Waals surface area contributed by atoms with Crippen LogP contribution in [0.4, 0.5) is 5.00 Å². The second kappa shape index (κ2) is 10.5. The van der Waals surface area contributed by atoms with Crippen LogP contribution in [-0.4, -0.2) is 48.4 Å². The van der Waals surface area contributed by atoms with E-state index in [1.807, 2.05) is 0 Å². The van der Waals surface area contributed by atoms with E-state index in [9.17, 15) is 10.1 Å². The lowest BCUT2D eigenvalue weighted by Gasteiger charge is -2.39. The molecule has 0 radical (unpaired) electrons. The summed E-state index contributed by atoms with van der Waals surface area (Å²) in [6.45, 7) is 3.85. The molecule has 1 fully saturated rings. The van der Waals surface area contributed by atoms with E-state index in [2.05, 4.69) is 81.8 Å². The van der Waals surface area contributed by atoms with Crippen molar-refractivity contribution in [3.8, 4) is 6.07 Å². The summed E-state index contributed by atoms with van der Waals surface area (Å²) in [5.74, 6) is -0.0220. The molecule has 1 aliphatic carbocycles. The number of hydrogen-bond donors (Lipinski definition) is 1. The number of aryl methyl sites for hydroxylation is 1. The van der Waals surface area contributed by atoms with Crippen LogP contribution in [0.3, 0.4) is 0 Å². The van der Waals surface area contributed by atoms with Crippen molar-refractivity contribution in [3.63, 3.8) is 0 Å². The Balaban J connectivity index is 1.22. The first-order chi connectivity index (χ1) is 16.7. The third-order valence-electron chi connectivity index (χ3n) is 6.91. The van der Waals surface area contributed by atoms with Crippen LogP contribution in [0.5, 0.6) is 0 Å². The maximum absolute atomic E-state index is 12.9. The fourth-order valence-corrected chi connectivity index (χ4v) is 6.46. The first-order valence-electron chi connectivity index (χ1n) is 12.1. The van der Waals surface area contributed by atoms with Crippen molar-refractivity contribution in [2.75, 3.05) is 38.0 Å². The number of amides is 1. The number of thiophene rings is 1. The fourth-order valence-electron chi connectivity index (χ4n) is 5.21. The lowest BCUT2D eigenvalue weighted by molar-refractivity contribution is -0.117. The highest BCUT2D eigenvalue weighted by Gasteiger charge is 2.28. The molecule has 5 nitrogen and oxygen atoms in total. The normalized spacial score (nSPS) is 16.7. The van der Waals surface area contributed by atoms with Gasteiger partial charge in [0.1, 0.15) is 11.1 Å². The van der Waals surface area contributed by atoms with Gasteiger partial charge in [-0.1, -0.05) is 60.7 Å². The molecule has 6 heteroatoms. The van der Waals surface area contributed by atoms with Gasteiger partial charge in [0, 0.05) is 31.1 Å². The van der Waals surface area contributed by atoms with Gasteiger partial charge in [-0.05, 0) is 42.4 Å². The van der Waals surface area contributed by atoms with Gasteiger partial charge in [-0.15, -0.1) is 11.3 Å². The maximum Gasteiger partial charge on any atom is 0.239 e. The zero-order valence-corrected chi connectivity index (χ0v) is 20.2. The Kier molecular flexibility index (Phi) is 7.05. The Morgan fingerprint density at radius 2 is 1.56 bits per heavy atom. The van der Waals surface area contributed by atoms with E-state index < -0.39 is 0 Å². The number of nitrogens with zero attached hydrogens (tertiary/aromatic N) is 3. The number of rotatable bonds is 6. The van der Waals surface area contributed by atoms with Crippen molar-refractivity contribution in [1.29, 1.82) is 5.26 Å². The minimum absolute atomic E-state index is 0.0220. The van der Waals surface area contributed by atoms with E-state index >= 15 is 0 Å². The van der Waals surface area contributed by atoms with Gasteiger partial charge in [0.2, 0.25) is 5.91 Å². The molecule has 174 valence electrons. The number of carbonyl (C=O) groups is 1. The molecular weight excluding hydrogens is 440 g/mol. The second-order valence-electron chi connectivity index (χ2n) is 9.11. The monoisotopic (exact) mass is 470 g/mol. The minimum atomic E-state index is -0.0220. The van der Waals surface area contributed by atoms with Gasteiger partial charge >= 0.3 is 0 Å². The fraction of sp³-hybridized carbons (Fsp3) is 0.357. The molecule has 34 heavy (non-hydrogen) atoms. The first kappa shape index (κ1) is 22.8. The highest BCUT2D eigenvalue weighted by Crippen LogP contribution is 2.37. The molecule has 2 heterocycles. The summed E-state index contributed by atoms with van der Waals surface area (Å²) in [6.07, 6.45) is 4.28. The first-order valence-corrected chi connectivity index (χ1v) is 13.0. The molecule has 3 aromatic rings. The summed E-state index contributed by atoms with van der Waals surface area (Å²) in [5.41, 5.74) is 4.44. The summed E-state index contributed by atoms with van der Waals surface area (Å²) < 4.78 is 0. The van der Waals surface area contributed by atoms with Gasteiger partial charge in [-0.2, -0.15) is 5.26 Å². The zero-order valence-electron chi connectivity index (χ0n) is 19.4. The Bertz CT molecular complexity index is 1120. The molecule has 0 spiro atoms. The zero-order chi connectivity index (χ0) is 23.3. The SMILES string of the molecule is N#Cc1c(NC(=O)CN2CCN(C(c3ccccc3)c3ccccc3)CC2)sc2c1CCCC2. The molecule has 2 aromatic carbocycles. The van der Waals surface area contributed by atoms with Gasteiger partial charge < -0.3 is 5.32 Å². The highest BCUT2D eigenvalue weighted by molar-refractivity contribution is 7.16. The van der Waals surface area contributed by atoms with Crippen LogP contribution in [0, 0.1) is 11.3 Å². The van der Waals surface area contributed by atoms with Crippen molar-refractivity contribution in [2.24, 2.45) is 0 Å². The second-order valence-corrected chi connectivity index (χ2v) is 10.2. The molecular formula is C28H30N4OS. The van der Waals surface area contributed by atoms with Crippen molar-refractivity contribution >= 4 is 22.2 Å². The molecule has 1 amide bonds. The number of carbonyl (C=O) groups excluding carboxylic acids is 1. The molecule has 1 N–H and O–H groups in total. The average Bonchev–Trinajstić information content (AvgIpc) is 3.23. The van der Waals surface area contributed by atoms with Crippen molar-refractivity contribution < 1.29 is 4.79 Å².